The Morgan fingerprint density at radius 2 is 1.61 bits per heavy atom. The SMILES string of the molecule is CC(NC(=O)/C(=C/c1cccs1)NC(=O)c1ccccc1)c1ccc(C(C)(C)C)cc1. The molecule has 1 heterocycles. The molecule has 2 N–H and O–H groups in total. The van der Waals surface area contributed by atoms with Crippen LogP contribution in [0, 0.1) is 0 Å². The van der Waals surface area contributed by atoms with Gasteiger partial charge in [0.05, 0.1) is 6.04 Å². The highest BCUT2D eigenvalue weighted by molar-refractivity contribution is 7.10. The molecule has 0 saturated heterocycles. The van der Waals surface area contributed by atoms with Crippen molar-refractivity contribution in [3.8, 4) is 0 Å². The van der Waals surface area contributed by atoms with Crippen LogP contribution in [0.15, 0.2) is 77.8 Å². The van der Waals surface area contributed by atoms with Crippen LogP contribution in [0.25, 0.3) is 6.08 Å². The second kappa shape index (κ2) is 9.75. The predicted molar refractivity (Wildman–Crippen MR) is 128 cm³/mol. The van der Waals surface area contributed by atoms with E-state index in [0.29, 0.717) is 5.56 Å². The lowest BCUT2D eigenvalue weighted by Gasteiger charge is -2.21. The van der Waals surface area contributed by atoms with Gasteiger partial charge in [-0.25, -0.2) is 0 Å². The van der Waals surface area contributed by atoms with Crippen LogP contribution < -0.4 is 10.6 Å². The van der Waals surface area contributed by atoms with Gasteiger partial charge in [-0.15, -0.1) is 11.3 Å². The Bertz CT molecular complexity index is 1050. The average Bonchev–Trinajstić information content (AvgIpc) is 3.26. The van der Waals surface area contributed by atoms with Gasteiger partial charge in [0.2, 0.25) is 0 Å². The van der Waals surface area contributed by atoms with Gasteiger partial charge in [0.1, 0.15) is 5.70 Å². The zero-order valence-electron chi connectivity index (χ0n) is 18.3. The smallest absolute Gasteiger partial charge is 0.268 e. The number of rotatable bonds is 6. The van der Waals surface area contributed by atoms with Gasteiger partial charge in [0, 0.05) is 10.4 Å². The summed E-state index contributed by atoms with van der Waals surface area (Å²) in [5.74, 6) is -0.647. The normalized spacial score (nSPS) is 12.8. The van der Waals surface area contributed by atoms with Crippen LogP contribution in [0.3, 0.4) is 0 Å². The number of thiophene rings is 1. The van der Waals surface area contributed by atoms with Crippen molar-refractivity contribution in [1.29, 1.82) is 0 Å². The van der Waals surface area contributed by atoms with Crippen molar-refractivity contribution in [2.75, 3.05) is 0 Å². The minimum atomic E-state index is -0.329. The van der Waals surface area contributed by atoms with Gasteiger partial charge in [-0.05, 0) is 53.1 Å². The largest absolute Gasteiger partial charge is 0.344 e. The highest BCUT2D eigenvalue weighted by atomic mass is 32.1. The summed E-state index contributed by atoms with van der Waals surface area (Å²) in [6.45, 7) is 8.45. The maximum Gasteiger partial charge on any atom is 0.268 e. The van der Waals surface area contributed by atoms with Crippen molar-refractivity contribution in [2.24, 2.45) is 0 Å². The quantitative estimate of drug-likeness (QED) is 0.491. The standard InChI is InChI=1S/C26H28N2O2S/c1-18(19-12-14-21(15-13-19)26(2,3)4)27-25(30)23(17-22-11-8-16-31-22)28-24(29)20-9-6-5-7-10-20/h5-18H,1-4H3,(H,27,30)(H,28,29)/b23-17-. The van der Waals surface area contributed by atoms with Gasteiger partial charge in [-0.1, -0.05) is 69.3 Å². The molecule has 2 aromatic carbocycles. The summed E-state index contributed by atoms with van der Waals surface area (Å²) in [6.07, 6.45) is 1.70. The minimum absolute atomic E-state index is 0.0728. The number of carbonyl (C=O) groups is 2. The van der Waals surface area contributed by atoms with Gasteiger partial charge < -0.3 is 10.6 Å². The molecule has 2 amide bonds. The molecule has 5 heteroatoms. The van der Waals surface area contributed by atoms with Crippen LogP contribution in [-0.2, 0) is 10.2 Å². The van der Waals surface area contributed by atoms with Crippen molar-refractivity contribution in [1.82, 2.24) is 10.6 Å². The molecular formula is C26H28N2O2S. The number of hydrogen-bond acceptors (Lipinski definition) is 3. The van der Waals surface area contributed by atoms with Crippen LogP contribution in [0.5, 0.6) is 0 Å². The first-order valence-electron chi connectivity index (χ1n) is 10.3. The Morgan fingerprint density at radius 1 is 0.935 bits per heavy atom. The van der Waals surface area contributed by atoms with E-state index in [9.17, 15) is 9.59 Å². The molecule has 0 aliphatic rings. The van der Waals surface area contributed by atoms with Crippen LogP contribution in [0.4, 0.5) is 0 Å². The fraction of sp³-hybridized carbons (Fsp3) is 0.231. The van der Waals surface area contributed by atoms with E-state index in [4.69, 9.17) is 0 Å². The summed E-state index contributed by atoms with van der Waals surface area (Å²) in [5.41, 5.74) is 3.03. The number of benzene rings is 2. The van der Waals surface area contributed by atoms with Gasteiger partial charge in [-0.3, -0.25) is 9.59 Å². The van der Waals surface area contributed by atoms with Crippen molar-refractivity contribution >= 4 is 29.2 Å². The summed E-state index contributed by atoms with van der Waals surface area (Å²) in [4.78, 5) is 26.6. The molecule has 0 radical (unpaired) electrons. The fourth-order valence-corrected chi connectivity index (χ4v) is 3.74. The van der Waals surface area contributed by atoms with Gasteiger partial charge >= 0.3 is 0 Å². The van der Waals surface area contributed by atoms with Crippen LogP contribution in [-0.4, -0.2) is 11.8 Å². The molecule has 0 saturated carbocycles. The summed E-state index contributed by atoms with van der Waals surface area (Å²) >= 11 is 1.50. The third-order valence-electron chi connectivity index (χ3n) is 4.98. The lowest BCUT2D eigenvalue weighted by atomic mass is 9.86. The topological polar surface area (TPSA) is 58.2 Å². The van der Waals surface area contributed by atoms with E-state index in [-0.39, 0.29) is 29.0 Å². The van der Waals surface area contributed by atoms with Crippen molar-refractivity contribution in [3.63, 3.8) is 0 Å². The Morgan fingerprint density at radius 3 is 2.19 bits per heavy atom. The van der Waals surface area contributed by atoms with Gasteiger partial charge in [0.15, 0.2) is 0 Å². The predicted octanol–water partition coefficient (Wildman–Crippen LogP) is 5.69. The molecule has 1 aromatic heterocycles. The highest BCUT2D eigenvalue weighted by Gasteiger charge is 2.18. The van der Waals surface area contributed by atoms with Gasteiger partial charge in [0.25, 0.3) is 11.8 Å². The van der Waals surface area contributed by atoms with E-state index >= 15 is 0 Å². The summed E-state index contributed by atoms with van der Waals surface area (Å²) in [7, 11) is 0. The second-order valence-electron chi connectivity index (χ2n) is 8.46. The number of carbonyl (C=O) groups excluding carboxylic acids is 2. The molecule has 31 heavy (non-hydrogen) atoms. The first-order valence-corrected chi connectivity index (χ1v) is 11.1. The molecule has 3 aromatic rings. The molecule has 0 fully saturated rings. The molecule has 0 spiro atoms. The number of hydrogen-bond donors (Lipinski definition) is 2. The van der Waals surface area contributed by atoms with Gasteiger partial charge in [-0.2, -0.15) is 0 Å². The molecule has 4 nitrogen and oxygen atoms in total. The zero-order valence-corrected chi connectivity index (χ0v) is 19.1. The minimum Gasteiger partial charge on any atom is -0.344 e. The Labute approximate surface area is 188 Å². The molecular weight excluding hydrogens is 404 g/mol. The Balaban J connectivity index is 1.77. The van der Waals surface area contributed by atoms with Crippen LogP contribution >= 0.6 is 11.3 Å². The monoisotopic (exact) mass is 432 g/mol. The van der Waals surface area contributed by atoms with E-state index in [1.807, 2.05) is 42.6 Å². The molecule has 3 rings (SSSR count). The summed E-state index contributed by atoms with van der Waals surface area (Å²) in [6, 6.07) is 20.7. The van der Waals surface area contributed by atoms with Crippen molar-refractivity contribution in [3.05, 3.63) is 99.4 Å². The first-order chi connectivity index (χ1) is 14.7. The van der Waals surface area contributed by atoms with Crippen molar-refractivity contribution in [2.45, 2.75) is 39.2 Å². The van der Waals surface area contributed by atoms with Crippen LogP contribution in [0.1, 0.15) is 60.1 Å². The lowest BCUT2D eigenvalue weighted by Crippen LogP contribution is -2.36. The highest BCUT2D eigenvalue weighted by Crippen LogP contribution is 2.24. The number of amides is 2. The van der Waals surface area contributed by atoms with E-state index in [1.54, 1.807) is 30.3 Å². The summed E-state index contributed by atoms with van der Waals surface area (Å²) in [5, 5.41) is 7.71. The third-order valence-corrected chi connectivity index (χ3v) is 5.80. The second-order valence-corrected chi connectivity index (χ2v) is 9.44. The first kappa shape index (κ1) is 22.5. The molecule has 1 unspecified atom stereocenters. The maximum atomic E-state index is 13.1. The maximum absolute atomic E-state index is 13.1. The zero-order chi connectivity index (χ0) is 22.4. The third kappa shape index (κ3) is 6.15. The van der Waals surface area contributed by atoms with E-state index in [0.717, 1.165) is 10.4 Å². The van der Waals surface area contributed by atoms with E-state index in [1.165, 1.54) is 16.9 Å². The van der Waals surface area contributed by atoms with Crippen LogP contribution in [0.2, 0.25) is 0 Å². The molecule has 1 atom stereocenters. The van der Waals surface area contributed by atoms with E-state index < -0.39 is 0 Å². The molecule has 0 aliphatic carbocycles. The Kier molecular flexibility index (Phi) is 7.08. The summed E-state index contributed by atoms with van der Waals surface area (Å²) < 4.78 is 0. The van der Waals surface area contributed by atoms with Crippen molar-refractivity contribution < 1.29 is 9.59 Å². The molecule has 0 aliphatic heterocycles. The van der Waals surface area contributed by atoms with E-state index in [2.05, 4.69) is 43.5 Å². The number of nitrogens with one attached hydrogen (secondary N) is 2. The fourth-order valence-electron chi connectivity index (χ4n) is 3.09. The Hall–Kier alpha value is -3.18. The lowest BCUT2D eigenvalue weighted by molar-refractivity contribution is -0.118. The average molecular weight is 433 g/mol. The molecule has 0 bridgehead atoms. The molecule has 160 valence electrons.